The van der Waals surface area contributed by atoms with Crippen molar-refractivity contribution in [1.82, 2.24) is 10.2 Å². The Morgan fingerprint density at radius 1 is 1.37 bits per heavy atom. The second-order valence-corrected chi connectivity index (χ2v) is 6.22. The van der Waals surface area contributed by atoms with E-state index in [0.29, 0.717) is 6.04 Å². The number of piperidine rings is 1. The fourth-order valence-corrected chi connectivity index (χ4v) is 3.68. The number of hydrogen-bond donors (Lipinski definition) is 1. The maximum Gasteiger partial charge on any atom is 0.326 e. The highest BCUT2D eigenvalue weighted by Crippen LogP contribution is 2.35. The Kier molecular flexibility index (Phi) is 4.85. The molecule has 2 aliphatic rings. The van der Waals surface area contributed by atoms with Gasteiger partial charge in [-0.05, 0) is 57.7 Å². The molecule has 2 rings (SSSR count). The molecule has 0 aromatic carbocycles. The summed E-state index contributed by atoms with van der Waals surface area (Å²) in [6.45, 7) is 7.59. The van der Waals surface area contributed by atoms with Gasteiger partial charge in [-0.1, -0.05) is 13.8 Å². The Bertz CT molecular complexity index is 313. The van der Waals surface area contributed by atoms with E-state index in [1.54, 1.807) is 0 Å². The summed E-state index contributed by atoms with van der Waals surface area (Å²) < 4.78 is 5.02. The van der Waals surface area contributed by atoms with Gasteiger partial charge in [-0.15, -0.1) is 0 Å². The molecule has 0 spiro atoms. The van der Waals surface area contributed by atoms with Crippen molar-refractivity contribution in [2.75, 3.05) is 26.7 Å². The van der Waals surface area contributed by atoms with Crippen LogP contribution in [-0.2, 0) is 9.53 Å². The van der Waals surface area contributed by atoms with Crippen LogP contribution in [0.1, 0.15) is 46.0 Å². The lowest BCUT2D eigenvalue weighted by Gasteiger charge is -2.36. The molecule has 0 radical (unpaired) electrons. The molecular weight excluding hydrogens is 240 g/mol. The van der Waals surface area contributed by atoms with Crippen LogP contribution in [0.4, 0.5) is 0 Å². The largest absolute Gasteiger partial charge is 0.468 e. The first-order valence-electron chi connectivity index (χ1n) is 7.69. The van der Waals surface area contributed by atoms with Crippen molar-refractivity contribution >= 4 is 5.97 Å². The summed E-state index contributed by atoms with van der Waals surface area (Å²) in [5.74, 6) is 0.777. The molecule has 110 valence electrons. The van der Waals surface area contributed by atoms with E-state index in [9.17, 15) is 4.79 Å². The van der Waals surface area contributed by atoms with Crippen LogP contribution >= 0.6 is 0 Å². The van der Waals surface area contributed by atoms with Crippen LogP contribution in [0.3, 0.4) is 0 Å². The highest BCUT2D eigenvalue weighted by atomic mass is 16.5. The second kappa shape index (κ2) is 6.23. The Morgan fingerprint density at radius 3 is 2.63 bits per heavy atom. The topological polar surface area (TPSA) is 41.6 Å². The van der Waals surface area contributed by atoms with Crippen molar-refractivity contribution in [3.63, 3.8) is 0 Å². The van der Waals surface area contributed by atoms with E-state index >= 15 is 0 Å². The van der Waals surface area contributed by atoms with Crippen LogP contribution < -0.4 is 5.32 Å². The van der Waals surface area contributed by atoms with Gasteiger partial charge in [0.05, 0.1) is 7.11 Å². The molecule has 2 unspecified atom stereocenters. The quantitative estimate of drug-likeness (QED) is 0.789. The standard InChI is InChI=1S/C15H28N2O2/c1-4-16-15(14(18)19-3)8-5-13(11-15)17-9-6-12(2)7-10-17/h12-13,16H,4-11H2,1-3H3. The first-order chi connectivity index (χ1) is 9.11. The third kappa shape index (κ3) is 3.11. The molecule has 0 amide bonds. The molecule has 4 nitrogen and oxygen atoms in total. The number of ether oxygens (including phenoxy) is 1. The van der Waals surface area contributed by atoms with Crippen LogP contribution in [0.15, 0.2) is 0 Å². The van der Waals surface area contributed by atoms with Gasteiger partial charge in [0.15, 0.2) is 0 Å². The van der Waals surface area contributed by atoms with E-state index in [1.807, 2.05) is 0 Å². The van der Waals surface area contributed by atoms with E-state index in [0.717, 1.165) is 31.7 Å². The van der Waals surface area contributed by atoms with Crippen molar-refractivity contribution in [3.05, 3.63) is 0 Å². The number of methoxy groups -OCH3 is 1. The Morgan fingerprint density at radius 2 is 2.05 bits per heavy atom. The summed E-state index contributed by atoms with van der Waals surface area (Å²) in [5, 5.41) is 3.39. The average molecular weight is 268 g/mol. The molecule has 1 saturated heterocycles. The summed E-state index contributed by atoms with van der Waals surface area (Å²) in [4.78, 5) is 14.7. The fraction of sp³-hybridized carbons (Fsp3) is 0.933. The monoisotopic (exact) mass is 268 g/mol. The summed E-state index contributed by atoms with van der Waals surface area (Å²) in [5.41, 5.74) is -0.433. The van der Waals surface area contributed by atoms with Gasteiger partial charge in [-0.3, -0.25) is 4.79 Å². The maximum atomic E-state index is 12.1. The zero-order valence-corrected chi connectivity index (χ0v) is 12.6. The molecule has 0 aromatic rings. The first-order valence-corrected chi connectivity index (χ1v) is 7.69. The van der Waals surface area contributed by atoms with Gasteiger partial charge >= 0.3 is 5.97 Å². The number of hydrogen-bond acceptors (Lipinski definition) is 4. The minimum Gasteiger partial charge on any atom is -0.468 e. The van der Waals surface area contributed by atoms with E-state index in [-0.39, 0.29) is 5.97 Å². The minimum absolute atomic E-state index is 0.0813. The molecule has 1 aliphatic carbocycles. The molecule has 1 heterocycles. The molecular formula is C15H28N2O2. The summed E-state index contributed by atoms with van der Waals surface area (Å²) >= 11 is 0. The summed E-state index contributed by atoms with van der Waals surface area (Å²) in [6.07, 6.45) is 5.51. The predicted octanol–water partition coefficient (Wildman–Crippen LogP) is 1.79. The smallest absolute Gasteiger partial charge is 0.326 e. The van der Waals surface area contributed by atoms with Crippen molar-refractivity contribution in [2.45, 2.75) is 57.5 Å². The Balaban J connectivity index is 1.98. The van der Waals surface area contributed by atoms with E-state index < -0.39 is 5.54 Å². The molecule has 4 heteroatoms. The van der Waals surface area contributed by atoms with Gasteiger partial charge in [0.1, 0.15) is 5.54 Å². The molecule has 0 bridgehead atoms. The van der Waals surface area contributed by atoms with Gasteiger partial charge in [0.2, 0.25) is 0 Å². The van der Waals surface area contributed by atoms with E-state index in [4.69, 9.17) is 4.74 Å². The van der Waals surface area contributed by atoms with Crippen LogP contribution in [0.2, 0.25) is 0 Å². The lowest BCUT2D eigenvalue weighted by atomic mass is 9.95. The van der Waals surface area contributed by atoms with Crippen LogP contribution in [0.25, 0.3) is 0 Å². The Labute approximate surface area is 116 Å². The number of likely N-dealkylation sites (tertiary alicyclic amines) is 1. The van der Waals surface area contributed by atoms with Crippen LogP contribution in [-0.4, -0.2) is 49.2 Å². The summed E-state index contributed by atoms with van der Waals surface area (Å²) in [7, 11) is 1.50. The zero-order chi connectivity index (χ0) is 13.9. The lowest BCUT2D eigenvalue weighted by Crippen LogP contribution is -2.52. The minimum atomic E-state index is -0.433. The summed E-state index contributed by atoms with van der Waals surface area (Å²) in [6, 6.07) is 0.547. The number of nitrogens with one attached hydrogen (secondary N) is 1. The van der Waals surface area contributed by atoms with Gasteiger partial charge in [0, 0.05) is 6.04 Å². The van der Waals surface area contributed by atoms with Crippen LogP contribution in [0.5, 0.6) is 0 Å². The zero-order valence-electron chi connectivity index (χ0n) is 12.6. The van der Waals surface area contributed by atoms with Crippen molar-refractivity contribution in [2.24, 2.45) is 5.92 Å². The van der Waals surface area contributed by atoms with Crippen molar-refractivity contribution < 1.29 is 9.53 Å². The molecule has 0 aromatic heterocycles. The Hall–Kier alpha value is -0.610. The maximum absolute atomic E-state index is 12.1. The van der Waals surface area contributed by atoms with Gasteiger partial charge < -0.3 is 15.0 Å². The van der Waals surface area contributed by atoms with Crippen LogP contribution in [0, 0.1) is 5.92 Å². The number of likely N-dealkylation sites (N-methyl/N-ethyl adjacent to an activating group) is 1. The molecule has 1 aliphatic heterocycles. The lowest BCUT2D eigenvalue weighted by molar-refractivity contribution is -0.148. The van der Waals surface area contributed by atoms with E-state index in [1.165, 1.54) is 33.0 Å². The molecule has 19 heavy (non-hydrogen) atoms. The normalized spacial score (nSPS) is 33.5. The van der Waals surface area contributed by atoms with Crippen molar-refractivity contribution in [3.8, 4) is 0 Å². The molecule has 1 saturated carbocycles. The van der Waals surface area contributed by atoms with Crippen molar-refractivity contribution in [1.29, 1.82) is 0 Å². The first kappa shape index (κ1) is 14.8. The molecule has 2 fully saturated rings. The van der Waals surface area contributed by atoms with Gasteiger partial charge in [0.25, 0.3) is 0 Å². The van der Waals surface area contributed by atoms with Gasteiger partial charge in [-0.2, -0.15) is 0 Å². The molecule has 2 atom stereocenters. The number of carbonyl (C=O) groups excluding carboxylic acids is 1. The molecule has 1 N–H and O–H groups in total. The number of nitrogens with zero attached hydrogens (tertiary/aromatic N) is 1. The van der Waals surface area contributed by atoms with Gasteiger partial charge in [-0.25, -0.2) is 0 Å². The fourth-order valence-electron chi connectivity index (χ4n) is 3.68. The predicted molar refractivity (Wildman–Crippen MR) is 76.0 cm³/mol. The number of esters is 1. The second-order valence-electron chi connectivity index (χ2n) is 6.22. The SMILES string of the molecule is CCNC1(C(=O)OC)CCC(N2CCC(C)CC2)C1. The highest BCUT2D eigenvalue weighted by molar-refractivity contribution is 5.81. The third-order valence-corrected chi connectivity index (χ3v) is 4.91. The van der Waals surface area contributed by atoms with E-state index in [2.05, 4.69) is 24.1 Å². The highest BCUT2D eigenvalue weighted by Gasteiger charge is 2.47. The average Bonchev–Trinajstić information content (AvgIpc) is 2.84. The number of carbonyl (C=O) groups is 1. The number of rotatable bonds is 4. The third-order valence-electron chi connectivity index (χ3n) is 4.91.